The van der Waals surface area contributed by atoms with Gasteiger partial charge in [0, 0.05) is 5.38 Å². The van der Waals surface area contributed by atoms with Gasteiger partial charge in [-0.3, -0.25) is 10.1 Å². The highest BCUT2D eigenvalue weighted by Crippen LogP contribution is 2.33. The van der Waals surface area contributed by atoms with E-state index in [1.165, 1.54) is 34.0 Å². The Bertz CT molecular complexity index is 762. The van der Waals surface area contributed by atoms with Gasteiger partial charge in [-0.1, -0.05) is 23.2 Å². The third-order valence-electron chi connectivity index (χ3n) is 2.35. The van der Waals surface area contributed by atoms with Crippen molar-refractivity contribution in [2.45, 2.75) is 0 Å². The normalized spacial score (nSPS) is 10.7. The van der Waals surface area contributed by atoms with E-state index in [0.29, 0.717) is 18.7 Å². The number of nitrogens with one attached hydrogen (secondary N) is 1. The molecule has 3 rings (SSSR count). The molecule has 0 saturated carbocycles. The molecule has 0 unspecified atom stereocenters. The topological polar surface area (TPSA) is 42.0 Å². The van der Waals surface area contributed by atoms with Gasteiger partial charge in [0.15, 0.2) is 5.13 Å². The first-order chi connectivity index (χ1) is 9.61. The molecule has 0 aliphatic carbocycles. The standard InChI is InChI=1S/C12H6Cl2N2OS3/c13-9-3-1-7(19-9)6-5-18-12(15-6)16-11(17)8-2-4-10(14)20-8/h1-5H,(H,15,16,17). The summed E-state index contributed by atoms with van der Waals surface area (Å²) in [6.45, 7) is 0. The number of hydrogen-bond acceptors (Lipinski definition) is 5. The molecule has 0 atom stereocenters. The smallest absolute Gasteiger partial charge is 0.267 e. The minimum atomic E-state index is -0.202. The van der Waals surface area contributed by atoms with Gasteiger partial charge in [-0.05, 0) is 24.3 Å². The summed E-state index contributed by atoms with van der Waals surface area (Å²) in [5.41, 5.74) is 0.811. The maximum Gasteiger partial charge on any atom is 0.267 e. The molecule has 3 aromatic heterocycles. The number of nitrogens with zero attached hydrogens (tertiary/aromatic N) is 1. The first kappa shape index (κ1) is 14.0. The van der Waals surface area contributed by atoms with E-state index in [1.807, 2.05) is 17.5 Å². The number of amides is 1. The Hall–Kier alpha value is -0.920. The summed E-state index contributed by atoms with van der Waals surface area (Å²) in [7, 11) is 0. The van der Waals surface area contributed by atoms with E-state index in [0.717, 1.165) is 10.6 Å². The van der Waals surface area contributed by atoms with Gasteiger partial charge in [0.25, 0.3) is 5.91 Å². The Labute approximate surface area is 136 Å². The van der Waals surface area contributed by atoms with E-state index in [4.69, 9.17) is 23.2 Å². The zero-order chi connectivity index (χ0) is 14.1. The minimum absolute atomic E-state index is 0.202. The van der Waals surface area contributed by atoms with Crippen LogP contribution in [0.5, 0.6) is 0 Å². The van der Waals surface area contributed by atoms with Crippen LogP contribution in [-0.4, -0.2) is 10.9 Å². The van der Waals surface area contributed by atoms with Gasteiger partial charge < -0.3 is 0 Å². The van der Waals surface area contributed by atoms with E-state index in [-0.39, 0.29) is 5.91 Å². The third kappa shape index (κ3) is 3.05. The summed E-state index contributed by atoms with van der Waals surface area (Å²) >= 11 is 15.8. The predicted octanol–water partition coefficient (Wildman–Crippen LogP) is 5.49. The molecule has 3 aromatic rings. The van der Waals surface area contributed by atoms with Crippen molar-refractivity contribution in [3.8, 4) is 10.6 Å². The zero-order valence-electron chi connectivity index (χ0n) is 9.72. The van der Waals surface area contributed by atoms with Gasteiger partial charge in [0.05, 0.1) is 24.1 Å². The number of rotatable bonds is 3. The zero-order valence-corrected chi connectivity index (χ0v) is 13.7. The van der Waals surface area contributed by atoms with Gasteiger partial charge in [0.1, 0.15) is 0 Å². The first-order valence-corrected chi connectivity index (χ1v) is 8.66. The van der Waals surface area contributed by atoms with Crippen LogP contribution in [0.3, 0.4) is 0 Å². The average molecular weight is 361 g/mol. The molecule has 0 aliphatic heterocycles. The molecule has 1 amide bonds. The third-order valence-corrected chi connectivity index (χ3v) is 5.59. The second-order valence-corrected chi connectivity index (χ2v) is 7.99. The molecule has 1 N–H and O–H groups in total. The van der Waals surface area contributed by atoms with Gasteiger partial charge in [-0.2, -0.15) is 0 Å². The number of carbonyl (C=O) groups excluding carboxylic acids is 1. The molecule has 0 spiro atoms. The molecule has 0 aliphatic rings. The Balaban J connectivity index is 1.76. The number of thiazole rings is 1. The fourth-order valence-electron chi connectivity index (χ4n) is 1.49. The molecule has 0 fully saturated rings. The van der Waals surface area contributed by atoms with E-state index >= 15 is 0 Å². The summed E-state index contributed by atoms with van der Waals surface area (Å²) in [6, 6.07) is 7.12. The molecule has 0 bridgehead atoms. The Morgan fingerprint density at radius 1 is 1.10 bits per heavy atom. The van der Waals surface area contributed by atoms with E-state index in [2.05, 4.69) is 10.3 Å². The van der Waals surface area contributed by atoms with Crippen LogP contribution in [0, 0.1) is 0 Å². The van der Waals surface area contributed by atoms with Gasteiger partial charge in [0.2, 0.25) is 0 Å². The predicted molar refractivity (Wildman–Crippen MR) is 87.7 cm³/mol. The molecule has 8 heteroatoms. The summed E-state index contributed by atoms with van der Waals surface area (Å²) in [5.74, 6) is -0.202. The van der Waals surface area contributed by atoms with Crippen molar-refractivity contribution in [3.05, 3.63) is 43.2 Å². The molecule has 0 radical (unpaired) electrons. The lowest BCUT2D eigenvalue weighted by Gasteiger charge is -1.97. The Kier molecular flexibility index (Phi) is 4.09. The van der Waals surface area contributed by atoms with Crippen LogP contribution >= 0.6 is 57.2 Å². The van der Waals surface area contributed by atoms with Crippen LogP contribution in [0.4, 0.5) is 5.13 Å². The highest BCUT2D eigenvalue weighted by molar-refractivity contribution is 7.20. The molecule has 102 valence electrons. The van der Waals surface area contributed by atoms with E-state index in [9.17, 15) is 4.79 Å². The van der Waals surface area contributed by atoms with E-state index in [1.54, 1.807) is 12.1 Å². The molecule has 0 saturated heterocycles. The maximum atomic E-state index is 12.0. The highest BCUT2D eigenvalue weighted by Gasteiger charge is 2.12. The number of thiophene rings is 2. The Morgan fingerprint density at radius 2 is 1.85 bits per heavy atom. The number of carbonyl (C=O) groups is 1. The van der Waals surface area contributed by atoms with Crippen molar-refractivity contribution in [1.29, 1.82) is 0 Å². The van der Waals surface area contributed by atoms with Crippen LogP contribution < -0.4 is 5.32 Å². The largest absolute Gasteiger partial charge is 0.297 e. The lowest BCUT2D eigenvalue weighted by molar-refractivity contribution is 0.103. The van der Waals surface area contributed by atoms with Crippen LogP contribution in [-0.2, 0) is 0 Å². The SMILES string of the molecule is O=C(Nc1nc(-c2ccc(Cl)s2)cs1)c1ccc(Cl)s1. The molecule has 0 aromatic carbocycles. The van der Waals surface area contributed by atoms with Crippen molar-refractivity contribution in [2.75, 3.05) is 5.32 Å². The summed E-state index contributed by atoms with van der Waals surface area (Å²) < 4.78 is 1.30. The number of hydrogen-bond donors (Lipinski definition) is 1. The van der Waals surface area contributed by atoms with Crippen molar-refractivity contribution < 1.29 is 4.79 Å². The van der Waals surface area contributed by atoms with Gasteiger partial charge >= 0.3 is 0 Å². The van der Waals surface area contributed by atoms with Gasteiger partial charge in [-0.15, -0.1) is 34.0 Å². The highest BCUT2D eigenvalue weighted by atomic mass is 35.5. The fraction of sp³-hybridized carbons (Fsp3) is 0. The summed E-state index contributed by atoms with van der Waals surface area (Å²) in [5, 5.41) is 5.20. The van der Waals surface area contributed by atoms with Gasteiger partial charge in [-0.25, -0.2) is 4.98 Å². The van der Waals surface area contributed by atoms with Crippen molar-refractivity contribution in [3.63, 3.8) is 0 Å². The second kappa shape index (κ2) is 5.83. The summed E-state index contributed by atoms with van der Waals surface area (Å²) in [4.78, 5) is 17.9. The van der Waals surface area contributed by atoms with Crippen LogP contribution in [0.1, 0.15) is 9.67 Å². The Morgan fingerprint density at radius 3 is 2.50 bits per heavy atom. The average Bonchev–Trinajstić information content (AvgIpc) is 3.10. The molecule has 20 heavy (non-hydrogen) atoms. The van der Waals surface area contributed by atoms with E-state index < -0.39 is 0 Å². The number of halogens is 2. The van der Waals surface area contributed by atoms with Crippen LogP contribution in [0.25, 0.3) is 10.6 Å². The summed E-state index contributed by atoms with van der Waals surface area (Å²) in [6.07, 6.45) is 0. The van der Waals surface area contributed by atoms with Crippen molar-refractivity contribution in [1.82, 2.24) is 4.98 Å². The maximum absolute atomic E-state index is 12.0. The first-order valence-electron chi connectivity index (χ1n) is 5.40. The lowest BCUT2D eigenvalue weighted by atomic mass is 10.4. The van der Waals surface area contributed by atoms with Crippen LogP contribution in [0.15, 0.2) is 29.6 Å². The molecular formula is C12H6Cl2N2OS3. The molecular weight excluding hydrogens is 355 g/mol. The van der Waals surface area contributed by atoms with Crippen LogP contribution in [0.2, 0.25) is 8.67 Å². The number of anilines is 1. The second-order valence-electron chi connectivity index (χ2n) is 3.70. The lowest BCUT2D eigenvalue weighted by Crippen LogP contribution is -2.09. The monoisotopic (exact) mass is 360 g/mol. The molecule has 3 heterocycles. The van der Waals surface area contributed by atoms with Crippen molar-refractivity contribution >= 4 is 68.3 Å². The minimum Gasteiger partial charge on any atom is -0.297 e. The van der Waals surface area contributed by atoms with Crippen molar-refractivity contribution in [2.24, 2.45) is 0 Å². The number of aromatic nitrogens is 1. The fourth-order valence-corrected chi connectivity index (χ4v) is 4.21. The molecule has 3 nitrogen and oxygen atoms in total. The quantitative estimate of drug-likeness (QED) is 0.670.